The lowest BCUT2D eigenvalue weighted by Gasteiger charge is -2.10. The Morgan fingerprint density at radius 3 is 2.63 bits per heavy atom. The van der Waals surface area contributed by atoms with Crippen molar-refractivity contribution >= 4 is 22.9 Å². The molecule has 2 aromatic heterocycles. The normalized spacial score (nSPS) is 11.3. The van der Waals surface area contributed by atoms with Gasteiger partial charge in [0.05, 0.1) is 28.9 Å². The molecule has 178 valence electrons. The van der Waals surface area contributed by atoms with Crippen molar-refractivity contribution in [2.24, 2.45) is 0 Å². The number of benzene rings is 2. The number of alkyl halides is 3. The third-order valence-electron chi connectivity index (χ3n) is 5.41. The van der Waals surface area contributed by atoms with Crippen LogP contribution in [0.3, 0.4) is 0 Å². The summed E-state index contributed by atoms with van der Waals surface area (Å²) < 4.78 is 55.9. The summed E-state index contributed by atoms with van der Waals surface area (Å²) in [5.41, 5.74) is 0.691. The number of amides is 1. The molecule has 35 heavy (non-hydrogen) atoms. The molecule has 4 rings (SSSR count). The van der Waals surface area contributed by atoms with Gasteiger partial charge in [-0.25, -0.2) is 13.9 Å². The van der Waals surface area contributed by atoms with Crippen LogP contribution in [0.15, 0.2) is 60.2 Å². The van der Waals surface area contributed by atoms with Gasteiger partial charge in [-0.3, -0.25) is 4.79 Å². The first kappa shape index (κ1) is 24.2. The lowest BCUT2D eigenvalue weighted by atomic mass is 10.0. The van der Waals surface area contributed by atoms with Crippen molar-refractivity contribution in [3.63, 3.8) is 0 Å². The van der Waals surface area contributed by atoms with Crippen molar-refractivity contribution in [1.29, 1.82) is 0 Å². The second-order valence-corrected chi connectivity index (χ2v) is 8.52. The number of rotatable bonds is 6. The Balaban J connectivity index is 1.52. The molecule has 0 fully saturated rings. The number of aromatic nitrogens is 2. The molecule has 0 bridgehead atoms. The predicted octanol–water partition coefficient (Wildman–Crippen LogP) is 6.80. The lowest BCUT2D eigenvalue weighted by Crippen LogP contribution is -2.23. The molecule has 4 aromatic rings. The van der Waals surface area contributed by atoms with Gasteiger partial charge >= 0.3 is 6.18 Å². The van der Waals surface area contributed by atoms with Crippen LogP contribution in [0.25, 0.3) is 21.7 Å². The Bertz CT molecular complexity index is 1430. The highest BCUT2D eigenvalue weighted by Gasteiger charge is 2.33. The highest BCUT2D eigenvalue weighted by Crippen LogP contribution is 2.39. The standard InChI is InChI=1S/C25H18F4N4OS/c1-3-15-8-9-35-23(15)24(34)31-12-17-4-6-19(11-21(17)26)33-14-18(13-32-33)16-5-7-22(30-2)20(10-16)25(27,28)29/h4-11,13-14H,3,12H2,1H3,(H,31,34). The molecule has 1 N–H and O–H groups in total. The molecule has 5 nitrogen and oxygen atoms in total. The fourth-order valence-electron chi connectivity index (χ4n) is 3.54. The van der Waals surface area contributed by atoms with Crippen LogP contribution in [0, 0.1) is 12.4 Å². The van der Waals surface area contributed by atoms with Gasteiger partial charge < -0.3 is 5.32 Å². The van der Waals surface area contributed by atoms with E-state index >= 15 is 0 Å². The smallest absolute Gasteiger partial charge is 0.347 e. The second kappa shape index (κ2) is 9.72. The Morgan fingerprint density at radius 2 is 1.94 bits per heavy atom. The van der Waals surface area contributed by atoms with E-state index in [9.17, 15) is 22.4 Å². The zero-order valence-electron chi connectivity index (χ0n) is 18.4. The Hall–Kier alpha value is -3.97. The van der Waals surface area contributed by atoms with E-state index in [-0.39, 0.29) is 23.6 Å². The molecular formula is C25H18F4N4OS. The van der Waals surface area contributed by atoms with E-state index in [0.717, 1.165) is 24.1 Å². The minimum atomic E-state index is -4.66. The van der Waals surface area contributed by atoms with Gasteiger partial charge in [-0.2, -0.15) is 18.3 Å². The van der Waals surface area contributed by atoms with Gasteiger partial charge in [0, 0.05) is 23.9 Å². The number of nitrogens with zero attached hydrogens (tertiary/aromatic N) is 3. The molecule has 0 aliphatic rings. The molecule has 0 saturated heterocycles. The average molecular weight is 499 g/mol. The van der Waals surface area contributed by atoms with Crippen molar-refractivity contribution in [2.45, 2.75) is 26.1 Å². The Morgan fingerprint density at radius 1 is 1.14 bits per heavy atom. The van der Waals surface area contributed by atoms with Gasteiger partial charge in [0.1, 0.15) is 5.82 Å². The van der Waals surface area contributed by atoms with E-state index < -0.39 is 23.2 Å². The maximum Gasteiger partial charge on any atom is 0.407 e. The van der Waals surface area contributed by atoms with Crippen molar-refractivity contribution < 1.29 is 22.4 Å². The second-order valence-electron chi connectivity index (χ2n) is 7.60. The molecule has 2 aromatic carbocycles. The third kappa shape index (κ3) is 5.10. The zero-order chi connectivity index (χ0) is 25.2. The molecular weight excluding hydrogens is 480 g/mol. The van der Waals surface area contributed by atoms with E-state index in [4.69, 9.17) is 6.57 Å². The summed E-state index contributed by atoms with van der Waals surface area (Å²) in [5.74, 6) is -0.818. The van der Waals surface area contributed by atoms with Crippen LogP contribution in [-0.2, 0) is 19.1 Å². The first-order valence-corrected chi connectivity index (χ1v) is 11.4. The number of hydrogen-bond acceptors (Lipinski definition) is 3. The van der Waals surface area contributed by atoms with Crippen molar-refractivity contribution in [1.82, 2.24) is 15.1 Å². The lowest BCUT2D eigenvalue weighted by molar-refractivity contribution is -0.136. The van der Waals surface area contributed by atoms with Crippen molar-refractivity contribution in [2.75, 3.05) is 0 Å². The van der Waals surface area contributed by atoms with Crippen LogP contribution in [0.1, 0.15) is 33.3 Å². The van der Waals surface area contributed by atoms with Crippen LogP contribution in [-0.4, -0.2) is 15.7 Å². The molecule has 2 heterocycles. The fourth-order valence-corrected chi connectivity index (χ4v) is 4.46. The number of halogens is 4. The van der Waals surface area contributed by atoms with E-state index in [1.165, 1.54) is 46.6 Å². The number of aryl methyl sites for hydroxylation is 1. The van der Waals surface area contributed by atoms with E-state index in [1.54, 1.807) is 6.07 Å². The van der Waals surface area contributed by atoms with E-state index in [0.29, 0.717) is 16.1 Å². The Labute approximate surface area is 202 Å². The molecule has 0 spiro atoms. The minimum absolute atomic E-state index is 0.00395. The monoisotopic (exact) mass is 498 g/mol. The van der Waals surface area contributed by atoms with Crippen LogP contribution < -0.4 is 5.32 Å². The van der Waals surface area contributed by atoms with Crippen LogP contribution >= 0.6 is 11.3 Å². The van der Waals surface area contributed by atoms with E-state index in [2.05, 4.69) is 15.3 Å². The molecule has 0 aliphatic carbocycles. The first-order valence-electron chi connectivity index (χ1n) is 10.5. The summed E-state index contributed by atoms with van der Waals surface area (Å²) in [4.78, 5) is 15.9. The highest BCUT2D eigenvalue weighted by molar-refractivity contribution is 7.12. The quantitative estimate of drug-likeness (QED) is 0.235. The predicted molar refractivity (Wildman–Crippen MR) is 125 cm³/mol. The highest BCUT2D eigenvalue weighted by atomic mass is 32.1. The molecule has 10 heteroatoms. The summed E-state index contributed by atoms with van der Waals surface area (Å²) in [6, 6.07) is 9.68. The number of carbonyl (C=O) groups excluding carboxylic acids is 1. The maximum absolute atomic E-state index is 14.7. The van der Waals surface area contributed by atoms with Crippen LogP contribution in [0.5, 0.6) is 0 Å². The van der Waals surface area contributed by atoms with Gasteiger partial charge in [0.2, 0.25) is 0 Å². The zero-order valence-corrected chi connectivity index (χ0v) is 19.2. The van der Waals surface area contributed by atoms with Gasteiger partial charge in [-0.05, 0) is 41.1 Å². The molecule has 0 saturated carbocycles. The minimum Gasteiger partial charge on any atom is -0.347 e. The van der Waals surface area contributed by atoms with E-state index in [1.807, 2.05) is 18.4 Å². The van der Waals surface area contributed by atoms with Crippen LogP contribution in [0.4, 0.5) is 23.2 Å². The average Bonchev–Trinajstić information content (AvgIpc) is 3.52. The molecule has 1 amide bonds. The largest absolute Gasteiger partial charge is 0.407 e. The third-order valence-corrected chi connectivity index (χ3v) is 6.37. The number of thiophene rings is 1. The number of nitrogens with one attached hydrogen (secondary N) is 1. The summed E-state index contributed by atoms with van der Waals surface area (Å²) in [5, 5.41) is 8.70. The topological polar surface area (TPSA) is 51.3 Å². The van der Waals surface area contributed by atoms with Gasteiger partial charge in [0.15, 0.2) is 5.69 Å². The Kier molecular flexibility index (Phi) is 6.71. The number of hydrogen-bond donors (Lipinski definition) is 1. The fraction of sp³-hybridized carbons (Fsp3) is 0.160. The SMILES string of the molecule is [C-]#[N+]c1ccc(-c2cnn(-c3ccc(CNC(=O)c4sccc4CC)c(F)c3)c2)cc1C(F)(F)F. The first-order chi connectivity index (χ1) is 16.7. The maximum atomic E-state index is 14.7. The van der Waals surface area contributed by atoms with Crippen molar-refractivity contribution in [3.05, 3.63) is 99.0 Å². The van der Waals surface area contributed by atoms with Gasteiger partial charge in [-0.1, -0.05) is 31.2 Å². The van der Waals surface area contributed by atoms with Gasteiger partial charge in [0.25, 0.3) is 5.91 Å². The molecule has 0 radical (unpaired) electrons. The van der Waals surface area contributed by atoms with Crippen molar-refractivity contribution in [3.8, 4) is 16.8 Å². The summed E-state index contributed by atoms with van der Waals surface area (Å²) >= 11 is 1.33. The van der Waals surface area contributed by atoms with Crippen LogP contribution in [0.2, 0.25) is 0 Å². The van der Waals surface area contributed by atoms with Gasteiger partial charge in [-0.15, -0.1) is 11.3 Å². The molecule has 0 aliphatic heterocycles. The summed E-state index contributed by atoms with van der Waals surface area (Å²) in [6.07, 6.45) is -1.10. The number of carbonyl (C=O) groups is 1. The molecule has 0 atom stereocenters. The molecule has 0 unspecified atom stereocenters. The summed E-state index contributed by atoms with van der Waals surface area (Å²) in [7, 11) is 0. The summed E-state index contributed by atoms with van der Waals surface area (Å²) in [6.45, 7) is 8.91.